The molecular weight excluding hydrogens is 412 g/mol. The number of ether oxygens (including phenoxy) is 2. The molecule has 0 unspecified atom stereocenters. The second-order valence-corrected chi connectivity index (χ2v) is 6.12. The van der Waals surface area contributed by atoms with Crippen LogP contribution in [0.3, 0.4) is 0 Å². The minimum Gasteiger partial charge on any atom is -0.492 e. The molecule has 0 N–H and O–H groups in total. The van der Waals surface area contributed by atoms with Crippen LogP contribution >= 0.6 is 31.9 Å². The number of rotatable bonds is 6. The topological polar surface area (TPSA) is 43.2 Å². The molecule has 0 saturated heterocycles. The van der Waals surface area contributed by atoms with Gasteiger partial charge in [-0.15, -0.1) is 10.2 Å². The van der Waals surface area contributed by atoms with Crippen LogP contribution in [0.25, 0.3) is 0 Å². The largest absolute Gasteiger partial charge is 0.492 e. The molecule has 0 radical (unpaired) electrons. The van der Waals surface area contributed by atoms with Crippen LogP contribution in [0.1, 0.15) is 13.8 Å². The molecule has 0 saturated carbocycles. The average Bonchev–Trinajstić information content (AvgIpc) is 2.49. The Bertz CT molecular complexity index is 618. The Morgan fingerprint density at radius 1 is 0.773 bits per heavy atom. The van der Waals surface area contributed by atoms with Crippen LogP contribution < -0.4 is 9.47 Å². The second kappa shape index (κ2) is 8.29. The van der Waals surface area contributed by atoms with E-state index in [4.69, 9.17) is 9.47 Å². The standard InChI is InChI=1S/C16H16Br2N2O2/c1-3-21-15-9-11(17)5-7-13(15)19-20-14-8-6-12(18)10-16(14)22-4-2/h5-10H,3-4H2,1-2H3. The minimum absolute atomic E-state index is 0.571. The van der Waals surface area contributed by atoms with E-state index < -0.39 is 0 Å². The van der Waals surface area contributed by atoms with Crippen LogP contribution in [-0.2, 0) is 0 Å². The molecule has 0 fully saturated rings. The van der Waals surface area contributed by atoms with Crippen molar-refractivity contribution in [3.05, 3.63) is 45.3 Å². The molecule has 0 aliphatic carbocycles. The Morgan fingerprint density at radius 3 is 1.55 bits per heavy atom. The maximum atomic E-state index is 5.58. The summed E-state index contributed by atoms with van der Waals surface area (Å²) in [6.07, 6.45) is 0. The highest BCUT2D eigenvalue weighted by atomic mass is 79.9. The first kappa shape index (κ1) is 17.0. The molecule has 116 valence electrons. The molecule has 2 aromatic rings. The summed E-state index contributed by atoms with van der Waals surface area (Å²) >= 11 is 6.85. The summed E-state index contributed by atoms with van der Waals surface area (Å²) < 4.78 is 13.0. The number of nitrogens with zero attached hydrogens (tertiary/aromatic N) is 2. The van der Waals surface area contributed by atoms with Crippen molar-refractivity contribution in [3.63, 3.8) is 0 Å². The SMILES string of the molecule is CCOc1cc(Br)ccc1N=Nc1ccc(Br)cc1OCC. The third-order valence-corrected chi connectivity index (χ3v) is 3.70. The van der Waals surface area contributed by atoms with E-state index in [1.807, 2.05) is 50.2 Å². The number of azo groups is 1. The van der Waals surface area contributed by atoms with Crippen molar-refractivity contribution < 1.29 is 9.47 Å². The van der Waals surface area contributed by atoms with Crippen molar-refractivity contribution in [3.8, 4) is 11.5 Å². The normalized spacial score (nSPS) is 10.9. The predicted molar refractivity (Wildman–Crippen MR) is 94.8 cm³/mol. The third-order valence-electron chi connectivity index (χ3n) is 2.71. The Kier molecular flexibility index (Phi) is 6.39. The first-order valence-electron chi connectivity index (χ1n) is 6.90. The van der Waals surface area contributed by atoms with Gasteiger partial charge in [0.1, 0.15) is 22.9 Å². The quantitative estimate of drug-likeness (QED) is 0.498. The Labute approximate surface area is 146 Å². The highest BCUT2D eigenvalue weighted by Crippen LogP contribution is 2.35. The maximum absolute atomic E-state index is 5.58. The van der Waals surface area contributed by atoms with E-state index in [9.17, 15) is 0 Å². The smallest absolute Gasteiger partial charge is 0.147 e. The molecule has 0 spiro atoms. The zero-order chi connectivity index (χ0) is 15.9. The highest BCUT2D eigenvalue weighted by molar-refractivity contribution is 9.10. The second-order valence-electron chi connectivity index (χ2n) is 4.29. The molecule has 22 heavy (non-hydrogen) atoms. The minimum atomic E-state index is 0.571. The van der Waals surface area contributed by atoms with Gasteiger partial charge in [-0.3, -0.25) is 0 Å². The van der Waals surface area contributed by atoms with Gasteiger partial charge in [-0.2, -0.15) is 0 Å². The summed E-state index contributed by atoms with van der Waals surface area (Å²) in [6.45, 7) is 5.01. The van der Waals surface area contributed by atoms with Crippen molar-refractivity contribution in [2.75, 3.05) is 13.2 Å². The number of halogens is 2. The van der Waals surface area contributed by atoms with Gasteiger partial charge in [-0.25, -0.2) is 0 Å². The van der Waals surface area contributed by atoms with E-state index in [1.165, 1.54) is 0 Å². The van der Waals surface area contributed by atoms with Crippen molar-refractivity contribution >= 4 is 43.2 Å². The van der Waals surface area contributed by atoms with Crippen molar-refractivity contribution in [2.24, 2.45) is 10.2 Å². The molecular formula is C16H16Br2N2O2. The van der Waals surface area contributed by atoms with Crippen LogP contribution in [0.2, 0.25) is 0 Å². The Morgan fingerprint density at radius 2 is 1.18 bits per heavy atom. The van der Waals surface area contributed by atoms with Crippen molar-refractivity contribution in [2.45, 2.75) is 13.8 Å². The van der Waals surface area contributed by atoms with Gasteiger partial charge in [0.15, 0.2) is 0 Å². The van der Waals surface area contributed by atoms with Crippen LogP contribution in [-0.4, -0.2) is 13.2 Å². The van der Waals surface area contributed by atoms with E-state index in [0.717, 1.165) is 8.95 Å². The number of hydrogen-bond acceptors (Lipinski definition) is 4. The summed E-state index contributed by atoms with van der Waals surface area (Å²) in [6, 6.07) is 11.3. The van der Waals surface area contributed by atoms with Crippen LogP contribution in [0, 0.1) is 0 Å². The lowest BCUT2D eigenvalue weighted by Crippen LogP contribution is -1.92. The van der Waals surface area contributed by atoms with Gasteiger partial charge in [0, 0.05) is 8.95 Å². The lowest BCUT2D eigenvalue weighted by atomic mass is 10.3. The van der Waals surface area contributed by atoms with Gasteiger partial charge in [-0.1, -0.05) is 31.9 Å². The van der Waals surface area contributed by atoms with Crippen LogP contribution in [0.4, 0.5) is 11.4 Å². The van der Waals surface area contributed by atoms with Gasteiger partial charge in [0.05, 0.1) is 13.2 Å². The van der Waals surface area contributed by atoms with Gasteiger partial charge >= 0.3 is 0 Å². The van der Waals surface area contributed by atoms with Crippen LogP contribution in [0.15, 0.2) is 55.6 Å². The predicted octanol–water partition coefficient (Wildman–Crippen LogP) is 6.42. The number of hydrogen-bond donors (Lipinski definition) is 0. The molecule has 0 aromatic heterocycles. The average molecular weight is 428 g/mol. The van der Waals surface area contributed by atoms with Gasteiger partial charge in [0.25, 0.3) is 0 Å². The molecule has 2 aromatic carbocycles. The molecule has 0 atom stereocenters. The third kappa shape index (κ3) is 4.55. The molecule has 0 heterocycles. The molecule has 6 heteroatoms. The van der Waals surface area contributed by atoms with E-state index in [0.29, 0.717) is 36.1 Å². The summed E-state index contributed by atoms with van der Waals surface area (Å²) in [7, 11) is 0. The van der Waals surface area contributed by atoms with Crippen molar-refractivity contribution in [1.29, 1.82) is 0 Å². The summed E-state index contributed by atoms with van der Waals surface area (Å²) in [5.41, 5.74) is 1.35. The fourth-order valence-corrected chi connectivity index (χ4v) is 2.47. The molecule has 4 nitrogen and oxygen atoms in total. The molecule has 2 rings (SSSR count). The van der Waals surface area contributed by atoms with E-state index in [2.05, 4.69) is 42.1 Å². The molecule has 0 aliphatic rings. The molecule has 0 bridgehead atoms. The lowest BCUT2D eigenvalue weighted by molar-refractivity contribution is 0.340. The van der Waals surface area contributed by atoms with Crippen molar-refractivity contribution in [1.82, 2.24) is 0 Å². The Balaban J connectivity index is 2.32. The first-order chi connectivity index (χ1) is 10.6. The fraction of sp³-hybridized carbons (Fsp3) is 0.250. The van der Waals surface area contributed by atoms with Gasteiger partial charge < -0.3 is 9.47 Å². The summed E-state index contributed by atoms with van der Waals surface area (Å²) in [4.78, 5) is 0. The van der Waals surface area contributed by atoms with Gasteiger partial charge in [-0.05, 0) is 50.2 Å². The van der Waals surface area contributed by atoms with E-state index in [-0.39, 0.29) is 0 Å². The Hall–Kier alpha value is -1.40. The zero-order valence-corrected chi connectivity index (χ0v) is 15.5. The summed E-state index contributed by atoms with van der Waals surface area (Å²) in [5.74, 6) is 1.38. The zero-order valence-electron chi connectivity index (χ0n) is 12.3. The van der Waals surface area contributed by atoms with E-state index in [1.54, 1.807) is 0 Å². The van der Waals surface area contributed by atoms with Gasteiger partial charge in [0.2, 0.25) is 0 Å². The summed E-state index contributed by atoms with van der Waals surface area (Å²) in [5, 5.41) is 8.59. The van der Waals surface area contributed by atoms with Crippen LogP contribution in [0.5, 0.6) is 11.5 Å². The maximum Gasteiger partial charge on any atom is 0.147 e. The number of benzene rings is 2. The lowest BCUT2D eigenvalue weighted by Gasteiger charge is -2.08. The van der Waals surface area contributed by atoms with E-state index >= 15 is 0 Å². The monoisotopic (exact) mass is 426 g/mol. The molecule has 0 amide bonds. The fourth-order valence-electron chi connectivity index (χ4n) is 1.79. The molecule has 0 aliphatic heterocycles. The highest BCUT2D eigenvalue weighted by Gasteiger charge is 2.06. The first-order valence-corrected chi connectivity index (χ1v) is 8.49.